The largest absolute Gasteiger partial charge is 0.325 e. The molecule has 1 aliphatic heterocycles. The van der Waals surface area contributed by atoms with Gasteiger partial charge in [-0.05, 0) is 37.6 Å². The fourth-order valence-electron chi connectivity index (χ4n) is 1.95. The van der Waals surface area contributed by atoms with Crippen LogP contribution in [0.5, 0.6) is 0 Å². The average molecular weight is 318 g/mol. The smallest absolute Gasteiger partial charge is 0.225 e. The number of anilines is 1. The van der Waals surface area contributed by atoms with Crippen molar-refractivity contribution in [2.45, 2.75) is 25.3 Å². The lowest BCUT2D eigenvalue weighted by Gasteiger charge is -2.11. The van der Waals surface area contributed by atoms with Crippen LogP contribution in [0.15, 0.2) is 22.7 Å². The molecule has 1 aliphatic rings. The Balaban J connectivity index is 1.93. The van der Waals surface area contributed by atoms with E-state index >= 15 is 0 Å². The van der Waals surface area contributed by atoms with Gasteiger partial charge in [0.05, 0.1) is 10.7 Å². The molecule has 0 spiro atoms. The van der Waals surface area contributed by atoms with Crippen LogP contribution >= 0.6 is 27.5 Å². The summed E-state index contributed by atoms with van der Waals surface area (Å²) < 4.78 is 0.901. The summed E-state index contributed by atoms with van der Waals surface area (Å²) in [7, 11) is 0. The highest BCUT2D eigenvalue weighted by Crippen LogP contribution is 2.25. The van der Waals surface area contributed by atoms with Gasteiger partial charge in [0.15, 0.2) is 0 Å². The van der Waals surface area contributed by atoms with Crippen molar-refractivity contribution >= 4 is 39.1 Å². The van der Waals surface area contributed by atoms with Crippen LogP contribution in [0, 0.1) is 0 Å². The first-order valence-corrected chi connectivity index (χ1v) is 6.80. The molecule has 0 saturated carbocycles. The van der Waals surface area contributed by atoms with Gasteiger partial charge in [-0.15, -0.1) is 0 Å². The first-order chi connectivity index (χ1) is 8.15. The molecule has 3 nitrogen and oxygen atoms in total. The van der Waals surface area contributed by atoms with E-state index in [0.717, 1.165) is 23.9 Å². The van der Waals surface area contributed by atoms with Gasteiger partial charge in [-0.1, -0.05) is 27.5 Å². The Labute approximate surface area is 114 Å². The minimum Gasteiger partial charge on any atom is -0.325 e. The Hall–Kier alpha value is -0.580. The maximum atomic E-state index is 11.8. The summed E-state index contributed by atoms with van der Waals surface area (Å²) in [6.45, 7) is 1.01. The summed E-state index contributed by atoms with van der Waals surface area (Å²) >= 11 is 9.36. The van der Waals surface area contributed by atoms with Crippen LogP contribution in [0.4, 0.5) is 5.69 Å². The van der Waals surface area contributed by atoms with Gasteiger partial charge in [-0.3, -0.25) is 4.79 Å². The van der Waals surface area contributed by atoms with Crippen LogP contribution in [0.1, 0.15) is 19.3 Å². The van der Waals surface area contributed by atoms with Crippen LogP contribution < -0.4 is 10.6 Å². The average Bonchev–Trinajstić information content (AvgIpc) is 2.75. The van der Waals surface area contributed by atoms with E-state index in [1.54, 1.807) is 12.1 Å². The van der Waals surface area contributed by atoms with E-state index in [2.05, 4.69) is 26.6 Å². The van der Waals surface area contributed by atoms with Gasteiger partial charge < -0.3 is 10.6 Å². The second kappa shape index (κ2) is 5.85. The number of carbonyl (C=O) groups excluding carboxylic acids is 1. The highest BCUT2D eigenvalue weighted by molar-refractivity contribution is 9.10. The molecule has 0 aliphatic carbocycles. The second-order valence-corrected chi connectivity index (χ2v) is 5.49. The SMILES string of the molecule is O=C(CC1CCCN1)Nc1ccc(Br)cc1Cl. The molecule has 1 heterocycles. The zero-order valence-corrected chi connectivity index (χ0v) is 11.6. The van der Waals surface area contributed by atoms with Crippen molar-refractivity contribution in [2.75, 3.05) is 11.9 Å². The Morgan fingerprint density at radius 1 is 1.59 bits per heavy atom. The molecule has 17 heavy (non-hydrogen) atoms. The summed E-state index contributed by atoms with van der Waals surface area (Å²) in [4.78, 5) is 11.8. The minimum atomic E-state index is 0.00798. The molecule has 1 saturated heterocycles. The number of nitrogens with one attached hydrogen (secondary N) is 2. The number of halogens is 2. The summed E-state index contributed by atoms with van der Waals surface area (Å²) in [6, 6.07) is 5.73. The molecule has 0 aromatic heterocycles. The Morgan fingerprint density at radius 2 is 2.41 bits per heavy atom. The summed E-state index contributed by atoms with van der Waals surface area (Å²) in [5, 5.41) is 6.68. The highest BCUT2D eigenvalue weighted by Gasteiger charge is 2.18. The lowest BCUT2D eigenvalue weighted by Crippen LogP contribution is -2.27. The van der Waals surface area contributed by atoms with Crippen LogP contribution in [0.2, 0.25) is 5.02 Å². The van der Waals surface area contributed by atoms with Gasteiger partial charge in [0, 0.05) is 16.9 Å². The molecule has 0 radical (unpaired) electrons. The molecule has 1 unspecified atom stereocenters. The number of benzene rings is 1. The molecule has 1 atom stereocenters. The molecule has 1 fully saturated rings. The normalized spacial score (nSPS) is 19.3. The third kappa shape index (κ3) is 3.69. The van der Waals surface area contributed by atoms with Crippen molar-refractivity contribution in [3.05, 3.63) is 27.7 Å². The number of carbonyl (C=O) groups is 1. The Morgan fingerprint density at radius 3 is 3.06 bits per heavy atom. The van der Waals surface area contributed by atoms with Crippen LogP contribution in [0.3, 0.4) is 0 Å². The van der Waals surface area contributed by atoms with Crippen molar-refractivity contribution in [1.82, 2.24) is 5.32 Å². The third-order valence-corrected chi connectivity index (χ3v) is 3.61. The van der Waals surface area contributed by atoms with E-state index in [4.69, 9.17) is 11.6 Å². The van der Waals surface area contributed by atoms with E-state index in [9.17, 15) is 4.79 Å². The lowest BCUT2D eigenvalue weighted by atomic mass is 10.1. The topological polar surface area (TPSA) is 41.1 Å². The lowest BCUT2D eigenvalue weighted by molar-refractivity contribution is -0.116. The van der Waals surface area contributed by atoms with Crippen molar-refractivity contribution in [1.29, 1.82) is 0 Å². The van der Waals surface area contributed by atoms with Gasteiger partial charge in [0.1, 0.15) is 0 Å². The second-order valence-electron chi connectivity index (χ2n) is 4.17. The van der Waals surface area contributed by atoms with Crippen molar-refractivity contribution in [2.24, 2.45) is 0 Å². The van der Waals surface area contributed by atoms with Crippen LogP contribution in [0.25, 0.3) is 0 Å². The third-order valence-electron chi connectivity index (χ3n) is 2.80. The van der Waals surface area contributed by atoms with E-state index in [1.165, 1.54) is 0 Å². The van der Waals surface area contributed by atoms with E-state index < -0.39 is 0 Å². The quantitative estimate of drug-likeness (QED) is 0.899. The zero-order chi connectivity index (χ0) is 12.3. The number of amides is 1. The van der Waals surface area contributed by atoms with Crippen molar-refractivity contribution < 1.29 is 4.79 Å². The summed E-state index contributed by atoms with van der Waals surface area (Å²) in [5.74, 6) is 0.00798. The number of hydrogen-bond donors (Lipinski definition) is 2. The first-order valence-electron chi connectivity index (χ1n) is 5.63. The monoisotopic (exact) mass is 316 g/mol. The van der Waals surface area contributed by atoms with Gasteiger partial charge in [-0.2, -0.15) is 0 Å². The Bertz CT molecular complexity index is 419. The fraction of sp³-hybridized carbons (Fsp3) is 0.417. The predicted molar refractivity (Wildman–Crippen MR) is 73.4 cm³/mol. The van der Waals surface area contributed by atoms with Crippen LogP contribution in [-0.2, 0) is 4.79 Å². The molecule has 92 valence electrons. The predicted octanol–water partition coefficient (Wildman–Crippen LogP) is 3.18. The zero-order valence-electron chi connectivity index (χ0n) is 9.30. The molecule has 1 aromatic rings. The molecule has 0 bridgehead atoms. The first kappa shape index (κ1) is 12.9. The summed E-state index contributed by atoms with van der Waals surface area (Å²) in [5.41, 5.74) is 0.665. The fourth-order valence-corrected chi connectivity index (χ4v) is 2.67. The standard InChI is InChI=1S/C12H14BrClN2O/c13-8-3-4-11(10(14)6-8)16-12(17)7-9-2-1-5-15-9/h3-4,6,9,15H,1-2,5,7H2,(H,16,17). The Kier molecular flexibility index (Phi) is 4.42. The minimum absolute atomic E-state index is 0.00798. The number of rotatable bonds is 3. The van der Waals surface area contributed by atoms with Crippen molar-refractivity contribution in [3.63, 3.8) is 0 Å². The van der Waals surface area contributed by atoms with Crippen LogP contribution in [-0.4, -0.2) is 18.5 Å². The van der Waals surface area contributed by atoms with Gasteiger partial charge in [0.2, 0.25) is 5.91 Å². The maximum absolute atomic E-state index is 11.8. The molecular weight excluding hydrogens is 304 g/mol. The van der Waals surface area contributed by atoms with E-state index in [1.807, 2.05) is 6.07 Å². The molecule has 2 N–H and O–H groups in total. The van der Waals surface area contributed by atoms with Gasteiger partial charge in [0.25, 0.3) is 0 Å². The van der Waals surface area contributed by atoms with Gasteiger partial charge in [-0.25, -0.2) is 0 Å². The molecular formula is C12H14BrClN2O. The summed E-state index contributed by atoms with van der Waals surface area (Å²) in [6.07, 6.45) is 2.73. The molecule has 1 amide bonds. The number of hydrogen-bond acceptors (Lipinski definition) is 2. The van der Waals surface area contributed by atoms with E-state index in [0.29, 0.717) is 23.2 Å². The molecule has 2 rings (SSSR count). The van der Waals surface area contributed by atoms with E-state index in [-0.39, 0.29) is 5.91 Å². The van der Waals surface area contributed by atoms with Crippen molar-refractivity contribution in [3.8, 4) is 0 Å². The maximum Gasteiger partial charge on any atom is 0.225 e. The highest BCUT2D eigenvalue weighted by atomic mass is 79.9. The van der Waals surface area contributed by atoms with Gasteiger partial charge >= 0.3 is 0 Å². The molecule has 5 heteroatoms. The molecule has 1 aromatic carbocycles.